The number of morpholine rings is 1. The van der Waals surface area contributed by atoms with Crippen LogP contribution < -0.4 is 20.1 Å². The van der Waals surface area contributed by atoms with E-state index >= 15 is 0 Å². The predicted octanol–water partition coefficient (Wildman–Crippen LogP) is 5.73. The van der Waals surface area contributed by atoms with Gasteiger partial charge in [0.1, 0.15) is 17.2 Å². The fourth-order valence-electron chi connectivity index (χ4n) is 4.56. The summed E-state index contributed by atoms with van der Waals surface area (Å²) in [4.78, 5) is 23.0. The highest BCUT2D eigenvalue weighted by Gasteiger charge is 2.14. The second kappa shape index (κ2) is 13.5. The van der Waals surface area contributed by atoms with Gasteiger partial charge in [-0.2, -0.15) is 0 Å². The fourth-order valence-corrected chi connectivity index (χ4v) is 5.22. The highest BCUT2D eigenvalue weighted by Crippen LogP contribution is 2.37. The van der Waals surface area contributed by atoms with Crippen LogP contribution in [0.25, 0.3) is 15.7 Å². The van der Waals surface area contributed by atoms with Crippen LogP contribution in [0.2, 0.25) is 0 Å². The molecule has 5 rings (SSSR count). The summed E-state index contributed by atoms with van der Waals surface area (Å²) in [6.45, 7) is 12.4. The molecule has 0 radical (unpaired) electrons. The zero-order valence-electron chi connectivity index (χ0n) is 23.6. The molecule has 1 saturated heterocycles. The molecule has 4 aromatic rings. The number of ether oxygens (including phenoxy) is 3. The van der Waals surface area contributed by atoms with Gasteiger partial charge in [0.2, 0.25) is 5.69 Å². The van der Waals surface area contributed by atoms with E-state index in [0.717, 1.165) is 45.5 Å². The van der Waals surface area contributed by atoms with Gasteiger partial charge in [-0.25, -0.2) is 18.1 Å². The third-order valence-electron chi connectivity index (χ3n) is 6.74. The van der Waals surface area contributed by atoms with Crippen molar-refractivity contribution in [3.05, 3.63) is 84.3 Å². The van der Waals surface area contributed by atoms with Crippen molar-refractivity contribution in [3.8, 4) is 17.2 Å². The molecule has 43 heavy (non-hydrogen) atoms. The molecule has 1 aromatic heterocycles. The van der Waals surface area contributed by atoms with E-state index in [1.54, 1.807) is 60.8 Å². The lowest BCUT2D eigenvalue weighted by Gasteiger charge is -2.26. The Kier molecular flexibility index (Phi) is 9.36. The van der Waals surface area contributed by atoms with E-state index in [0.29, 0.717) is 51.8 Å². The van der Waals surface area contributed by atoms with Crippen LogP contribution in [-0.2, 0) is 14.6 Å². The van der Waals surface area contributed by atoms with Crippen molar-refractivity contribution >= 4 is 43.8 Å². The van der Waals surface area contributed by atoms with Gasteiger partial charge in [0.15, 0.2) is 9.84 Å². The van der Waals surface area contributed by atoms with Crippen molar-refractivity contribution < 1.29 is 27.4 Å². The lowest BCUT2D eigenvalue weighted by Crippen LogP contribution is -2.37. The van der Waals surface area contributed by atoms with Crippen LogP contribution >= 0.6 is 0 Å². The molecule has 12 heteroatoms. The van der Waals surface area contributed by atoms with Crippen LogP contribution in [0.1, 0.15) is 6.42 Å². The third kappa shape index (κ3) is 7.98. The summed E-state index contributed by atoms with van der Waals surface area (Å²) in [5, 5.41) is 6.01. The molecule has 0 aliphatic carbocycles. The Hall–Kier alpha value is -4.70. The molecule has 2 amide bonds. The highest BCUT2D eigenvalue weighted by molar-refractivity contribution is 7.90. The van der Waals surface area contributed by atoms with Gasteiger partial charge in [-0.3, -0.25) is 9.88 Å². The maximum absolute atomic E-state index is 12.5. The molecule has 2 heterocycles. The van der Waals surface area contributed by atoms with E-state index in [-0.39, 0.29) is 4.90 Å². The smallest absolute Gasteiger partial charge is 0.323 e. The molecule has 0 spiro atoms. The Labute approximate surface area is 250 Å². The number of pyridine rings is 1. The molecule has 0 saturated carbocycles. The summed E-state index contributed by atoms with van der Waals surface area (Å²) < 4.78 is 41.0. The first-order chi connectivity index (χ1) is 20.8. The van der Waals surface area contributed by atoms with Gasteiger partial charge in [0.05, 0.1) is 36.8 Å². The second-order valence-electron chi connectivity index (χ2n) is 9.92. The third-order valence-corrected chi connectivity index (χ3v) is 7.85. The average molecular weight is 602 g/mol. The van der Waals surface area contributed by atoms with Gasteiger partial charge in [-0.1, -0.05) is 6.07 Å². The quantitative estimate of drug-likeness (QED) is 0.175. The van der Waals surface area contributed by atoms with Crippen LogP contribution in [0.15, 0.2) is 77.8 Å². The van der Waals surface area contributed by atoms with E-state index in [9.17, 15) is 13.2 Å². The number of anilines is 2. The summed E-state index contributed by atoms with van der Waals surface area (Å²) in [6, 6.07) is 17.5. The van der Waals surface area contributed by atoms with Gasteiger partial charge in [-0.15, -0.1) is 0 Å². The average Bonchev–Trinajstić information content (AvgIpc) is 3.00. The Bertz CT molecular complexity index is 1750. The second-order valence-corrected chi connectivity index (χ2v) is 11.9. The molecule has 0 unspecified atom stereocenters. The monoisotopic (exact) mass is 601 g/mol. The van der Waals surface area contributed by atoms with Crippen LogP contribution in [0.4, 0.5) is 21.9 Å². The van der Waals surface area contributed by atoms with Crippen LogP contribution in [0.3, 0.4) is 0 Å². The first-order valence-electron chi connectivity index (χ1n) is 13.7. The van der Waals surface area contributed by atoms with Crippen molar-refractivity contribution in [1.29, 1.82) is 0 Å². The molecule has 1 aliphatic rings. The highest BCUT2D eigenvalue weighted by atomic mass is 32.2. The molecule has 1 aliphatic heterocycles. The molecule has 3 aromatic carbocycles. The maximum atomic E-state index is 12.5. The number of carbonyl (C=O) groups excluding carboxylic acids is 1. The van der Waals surface area contributed by atoms with E-state index in [1.165, 1.54) is 12.1 Å². The van der Waals surface area contributed by atoms with Crippen LogP contribution in [0, 0.1) is 6.57 Å². The summed E-state index contributed by atoms with van der Waals surface area (Å²) >= 11 is 0. The predicted molar refractivity (Wildman–Crippen MR) is 164 cm³/mol. The zero-order chi connectivity index (χ0) is 30.2. The molecule has 0 atom stereocenters. The lowest BCUT2D eigenvalue weighted by atomic mass is 10.1. The maximum Gasteiger partial charge on any atom is 0.323 e. The molecule has 1 fully saturated rings. The van der Waals surface area contributed by atoms with Crippen molar-refractivity contribution in [2.75, 3.05) is 56.3 Å². The molecule has 222 valence electrons. The van der Waals surface area contributed by atoms with Crippen molar-refractivity contribution in [2.45, 2.75) is 11.3 Å². The minimum absolute atomic E-state index is 0.113. The fraction of sp³-hybridized carbons (Fsp3) is 0.258. The van der Waals surface area contributed by atoms with E-state index in [2.05, 4.69) is 25.4 Å². The van der Waals surface area contributed by atoms with E-state index in [4.69, 9.17) is 20.8 Å². The number of sulfone groups is 1. The van der Waals surface area contributed by atoms with E-state index < -0.39 is 15.9 Å². The number of nitrogens with zero attached hydrogens (tertiary/aromatic N) is 3. The number of aromatic nitrogens is 1. The number of carbonyl (C=O) groups is 1. The minimum atomic E-state index is -3.39. The van der Waals surface area contributed by atoms with Crippen molar-refractivity contribution in [2.24, 2.45) is 0 Å². The number of nitrogens with one attached hydrogen (secondary N) is 2. The van der Waals surface area contributed by atoms with Crippen molar-refractivity contribution in [1.82, 2.24) is 9.88 Å². The largest absolute Gasteiger partial charge is 0.504 e. The lowest BCUT2D eigenvalue weighted by molar-refractivity contribution is 0.0358. The SMILES string of the molecule is [C-]#[N+]c1cc2c(Oc3ccc(NC(=O)Nc4cccc(S(C)(=O)=O)c4)cc3)ccnc2cc1OCCCN1CCOCC1. The van der Waals surface area contributed by atoms with Gasteiger partial charge in [-0.05, 0) is 67.1 Å². The summed E-state index contributed by atoms with van der Waals surface area (Å²) in [5.74, 6) is 1.54. The molecule has 2 N–H and O–H groups in total. The number of fused-ring (bicyclic) bond motifs is 1. The topological polar surface area (TPSA) is 123 Å². The summed E-state index contributed by atoms with van der Waals surface area (Å²) in [7, 11) is -3.39. The van der Waals surface area contributed by atoms with Gasteiger partial charge >= 0.3 is 6.03 Å². The molecular formula is C31H31N5O6S. The van der Waals surface area contributed by atoms with Gasteiger partial charge in [0, 0.05) is 48.8 Å². The number of rotatable bonds is 10. The first-order valence-corrected chi connectivity index (χ1v) is 15.6. The van der Waals surface area contributed by atoms with Crippen LogP contribution in [-0.4, -0.2) is 70.0 Å². The van der Waals surface area contributed by atoms with Crippen LogP contribution in [0.5, 0.6) is 17.2 Å². The number of urea groups is 1. The Morgan fingerprint density at radius 3 is 2.53 bits per heavy atom. The number of benzene rings is 3. The van der Waals surface area contributed by atoms with Gasteiger partial charge in [0.25, 0.3) is 0 Å². The number of hydrogen-bond acceptors (Lipinski definition) is 8. The Balaban J connectivity index is 1.21. The summed E-state index contributed by atoms with van der Waals surface area (Å²) in [5.41, 5.74) is 1.88. The first kappa shape index (κ1) is 29.8. The Morgan fingerprint density at radius 1 is 1.02 bits per heavy atom. The van der Waals surface area contributed by atoms with Crippen molar-refractivity contribution in [3.63, 3.8) is 0 Å². The van der Waals surface area contributed by atoms with Gasteiger partial charge < -0.3 is 24.8 Å². The Morgan fingerprint density at radius 2 is 1.79 bits per heavy atom. The molecule has 11 nitrogen and oxygen atoms in total. The van der Waals surface area contributed by atoms with E-state index in [1.807, 2.05) is 0 Å². The standard InChI is InChI=1S/C31H31N5O6S/c1-32-28-20-26-27(21-30(28)41-16-4-13-36-14-17-40-18-15-36)33-12-11-29(26)42-24-9-7-22(8-10-24)34-31(37)35-23-5-3-6-25(19-23)43(2,38)39/h3,5-12,19-21H,4,13-18H2,2H3,(H2,34,35,37). The number of amides is 2. The molecular weight excluding hydrogens is 570 g/mol. The summed E-state index contributed by atoms with van der Waals surface area (Å²) in [6.07, 6.45) is 3.58. The molecule has 0 bridgehead atoms. The number of hydrogen-bond donors (Lipinski definition) is 2. The minimum Gasteiger partial charge on any atom is -0.504 e. The zero-order valence-corrected chi connectivity index (χ0v) is 24.4. The normalized spacial score (nSPS) is 13.7.